The predicted molar refractivity (Wildman–Crippen MR) is 98.8 cm³/mol. The molecular formula is C18H27N3O4S. The van der Waals surface area contributed by atoms with Gasteiger partial charge in [-0.25, -0.2) is 8.42 Å². The van der Waals surface area contributed by atoms with E-state index in [0.717, 1.165) is 24.9 Å². The Morgan fingerprint density at radius 1 is 1.19 bits per heavy atom. The van der Waals surface area contributed by atoms with Crippen LogP contribution in [0.3, 0.4) is 0 Å². The van der Waals surface area contributed by atoms with E-state index in [0.29, 0.717) is 42.4 Å². The van der Waals surface area contributed by atoms with Gasteiger partial charge in [-0.1, -0.05) is 0 Å². The molecule has 0 aliphatic carbocycles. The molecule has 1 aromatic carbocycles. The van der Waals surface area contributed by atoms with E-state index >= 15 is 0 Å². The van der Waals surface area contributed by atoms with Gasteiger partial charge in [0, 0.05) is 32.2 Å². The molecule has 2 aliphatic rings. The third-order valence-corrected chi connectivity index (χ3v) is 7.24. The average Bonchev–Trinajstić information content (AvgIpc) is 2.63. The van der Waals surface area contributed by atoms with E-state index in [1.54, 1.807) is 26.2 Å². The average molecular weight is 381 g/mol. The number of aryl methyl sites for hydroxylation is 2. The molecule has 2 fully saturated rings. The first-order valence-electron chi connectivity index (χ1n) is 9.00. The van der Waals surface area contributed by atoms with E-state index in [9.17, 15) is 13.2 Å². The van der Waals surface area contributed by atoms with E-state index in [-0.39, 0.29) is 11.9 Å². The number of carbonyl (C=O) groups excluding carboxylic acids is 1. The molecule has 2 heterocycles. The molecule has 0 bridgehead atoms. The standard InChI is InChI=1S/C18H27N3O4S/c1-13-10-17(14(2)9-16(13)25-3)26(23,24)20-7-4-5-15(12-20)21-8-6-19-11-18(21)22/h9-10,15,19H,4-8,11-12H2,1-3H3. The maximum Gasteiger partial charge on any atom is 0.243 e. The van der Waals surface area contributed by atoms with Crippen LogP contribution in [0, 0.1) is 13.8 Å². The van der Waals surface area contributed by atoms with Gasteiger partial charge in [0.15, 0.2) is 0 Å². The highest BCUT2D eigenvalue weighted by atomic mass is 32.2. The molecule has 26 heavy (non-hydrogen) atoms. The van der Waals surface area contributed by atoms with Gasteiger partial charge in [0.2, 0.25) is 15.9 Å². The van der Waals surface area contributed by atoms with E-state index < -0.39 is 10.0 Å². The topological polar surface area (TPSA) is 79.0 Å². The lowest BCUT2D eigenvalue weighted by Gasteiger charge is -2.40. The van der Waals surface area contributed by atoms with Crippen LogP contribution in [0.15, 0.2) is 17.0 Å². The molecule has 0 aromatic heterocycles. The van der Waals surface area contributed by atoms with Crippen LogP contribution in [0.2, 0.25) is 0 Å². The van der Waals surface area contributed by atoms with Crippen molar-refractivity contribution in [1.29, 1.82) is 0 Å². The molecule has 1 aromatic rings. The van der Waals surface area contributed by atoms with Gasteiger partial charge >= 0.3 is 0 Å². The van der Waals surface area contributed by atoms with Gasteiger partial charge in [0.05, 0.1) is 18.6 Å². The molecular weight excluding hydrogens is 354 g/mol. The number of hydrogen-bond donors (Lipinski definition) is 1. The van der Waals surface area contributed by atoms with Crippen molar-refractivity contribution in [3.8, 4) is 5.75 Å². The lowest BCUT2D eigenvalue weighted by atomic mass is 10.1. The summed E-state index contributed by atoms with van der Waals surface area (Å²) in [5.74, 6) is 0.737. The van der Waals surface area contributed by atoms with Crippen LogP contribution < -0.4 is 10.1 Å². The van der Waals surface area contributed by atoms with E-state index in [1.807, 2.05) is 11.8 Å². The van der Waals surface area contributed by atoms with Crippen LogP contribution in [0.4, 0.5) is 0 Å². The SMILES string of the molecule is COc1cc(C)c(S(=O)(=O)N2CCCC(N3CCNCC3=O)C2)cc1C. The van der Waals surface area contributed by atoms with Crippen molar-refractivity contribution in [2.75, 3.05) is 39.8 Å². The number of rotatable bonds is 4. The minimum Gasteiger partial charge on any atom is -0.496 e. The maximum atomic E-state index is 13.2. The molecule has 1 atom stereocenters. The number of ether oxygens (including phenoxy) is 1. The molecule has 0 spiro atoms. The summed E-state index contributed by atoms with van der Waals surface area (Å²) >= 11 is 0. The Kier molecular flexibility index (Phi) is 5.55. The summed E-state index contributed by atoms with van der Waals surface area (Å²) in [5.41, 5.74) is 1.47. The van der Waals surface area contributed by atoms with Crippen LogP contribution in [-0.4, -0.2) is 69.4 Å². The number of nitrogens with zero attached hydrogens (tertiary/aromatic N) is 2. The molecule has 2 aliphatic heterocycles. The number of sulfonamides is 1. The molecule has 2 saturated heterocycles. The van der Waals surface area contributed by atoms with Crippen LogP contribution in [0.25, 0.3) is 0 Å². The van der Waals surface area contributed by atoms with E-state index in [1.165, 1.54) is 4.31 Å². The maximum absolute atomic E-state index is 13.2. The van der Waals surface area contributed by atoms with Crippen molar-refractivity contribution in [3.63, 3.8) is 0 Å². The summed E-state index contributed by atoms with van der Waals surface area (Å²) in [6.45, 7) is 6.21. The number of nitrogens with one attached hydrogen (secondary N) is 1. The second-order valence-electron chi connectivity index (χ2n) is 7.01. The Hall–Kier alpha value is -1.64. The molecule has 144 valence electrons. The highest BCUT2D eigenvalue weighted by Crippen LogP contribution is 2.30. The number of hydrogen-bond acceptors (Lipinski definition) is 5. The van der Waals surface area contributed by atoms with E-state index in [2.05, 4.69) is 5.32 Å². The Balaban J connectivity index is 1.85. The molecule has 0 saturated carbocycles. The zero-order valence-corrected chi connectivity index (χ0v) is 16.4. The highest BCUT2D eigenvalue weighted by molar-refractivity contribution is 7.89. The highest BCUT2D eigenvalue weighted by Gasteiger charge is 2.35. The number of benzene rings is 1. The fraction of sp³-hybridized carbons (Fsp3) is 0.611. The molecule has 8 heteroatoms. The normalized spacial score (nSPS) is 22.5. The van der Waals surface area contributed by atoms with Gasteiger partial charge in [0.25, 0.3) is 0 Å². The molecule has 3 rings (SSSR count). The van der Waals surface area contributed by atoms with E-state index in [4.69, 9.17) is 4.74 Å². The summed E-state index contributed by atoms with van der Waals surface area (Å²) in [7, 11) is -2.03. The Bertz CT molecular complexity index is 794. The minimum atomic E-state index is -3.61. The Morgan fingerprint density at radius 3 is 2.65 bits per heavy atom. The molecule has 1 unspecified atom stereocenters. The second kappa shape index (κ2) is 7.54. The first kappa shape index (κ1) is 19.1. The summed E-state index contributed by atoms with van der Waals surface area (Å²) in [5, 5.41) is 3.06. The van der Waals surface area contributed by atoms with Crippen LogP contribution in [-0.2, 0) is 14.8 Å². The zero-order valence-electron chi connectivity index (χ0n) is 15.6. The third-order valence-electron chi connectivity index (χ3n) is 5.24. The fourth-order valence-corrected chi connectivity index (χ4v) is 5.61. The molecule has 1 N–H and O–H groups in total. The first-order chi connectivity index (χ1) is 12.3. The number of methoxy groups -OCH3 is 1. The number of carbonyl (C=O) groups is 1. The van der Waals surface area contributed by atoms with Gasteiger partial charge in [-0.2, -0.15) is 4.31 Å². The monoisotopic (exact) mass is 381 g/mol. The lowest BCUT2D eigenvalue weighted by Crippen LogP contribution is -2.57. The molecule has 7 nitrogen and oxygen atoms in total. The number of piperazine rings is 1. The smallest absolute Gasteiger partial charge is 0.243 e. The van der Waals surface area contributed by atoms with Crippen LogP contribution in [0.1, 0.15) is 24.0 Å². The lowest BCUT2D eigenvalue weighted by molar-refractivity contribution is -0.135. The Labute approximate surface area is 155 Å². The predicted octanol–water partition coefficient (Wildman–Crippen LogP) is 0.897. The second-order valence-corrected chi connectivity index (χ2v) is 8.92. The van der Waals surface area contributed by atoms with Crippen molar-refractivity contribution in [2.45, 2.75) is 37.6 Å². The number of amides is 1. The summed E-state index contributed by atoms with van der Waals surface area (Å²) < 4.78 is 33.3. The van der Waals surface area contributed by atoms with Crippen molar-refractivity contribution in [3.05, 3.63) is 23.3 Å². The van der Waals surface area contributed by atoms with Crippen molar-refractivity contribution < 1.29 is 17.9 Å². The van der Waals surface area contributed by atoms with Gasteiger partial charge in [0.1, 0.15) is 5.75 Å². The summed E-state index contributed by atoms with van der Waals surface area (Å²) in [6.07, 6.45) is 1.60. The fourth-order valence-electron chi connectivity index (χ4n) is 3.80. The van der Waals surface area contributed by atoms with Crippen molar-refractivity contribution >= 4 is 15.9 Å². The van der Waals surface area contributed by atoms with Crippen LogP contribution >= 0.6 is 0 Å². The number of piperidine rings is 1. The third kappa shape index (κ3) is 3.58. The van der Waals surface area contributed by atoms with Gasteiger partial charge in [-0.3, -0.25) is 4.79 Å². The molecule has 1 amide bonds. The largest absolute Gasteiger partial charge is 0.496 e. The van der Waals surface area contributed by atoms with Gasteiger partial charge in [-0.05, 0) is 49.9 Å². The first-order valence-corrected chi connectivity index (χ1v) is 10.4. The van der Waals surface area contributed by atoms with Gasteiger partial charge < -0.3 is 15.0 Å². The van der Waals surface area contributed by atoms with Crippen molar-refractivity contribution in [1.82, 2.24) is 14.5 Å². The summed E-state index contributed by atoms with van der Waals surface area (Å²) in [6, 6.07) is 3.40. The minimum absolute atomic E-state index is 0.0484. The molecule has 0 radical (unpaired) electrons. The van der Waals surface area contributed by atoms with Crippen molar-refractivity contribution in [2.24, 2.45) is 0 Å². The van der Waals surface area contributed by atoms with Gasteiger partial charge in [-0.15, -0.1) is 0 Å². The zero-order chi connectivity index (χ0) is 18.9. The summed E-state index contributed by atoms with van der Waals surface area (Å²) in [4.78, 5) is 14.3. The van der Waals surface area contributed by atoms with Crippen LogP contribution in [0.5, 0.6) is 5.75 Å². The quantitative estimate of drug-likeness (QED) is 0.838. The Morgan fingerprint density at radius 2 is 1.96 bits per heavy atom.